The number of hydrogen-bond donors (Lipinski definition) is 1. The van der Waals surface area contributed by atoms with Crippen molar-refractivity contribution >= 4 is 24.0 Å². The van der Waals surface area contributed by atoms with E-state index in [0.29, 0.717) is 0 Å². The number of aliphatic imine (C=N–C) groups is 1. The van der Waals surface area contributed by atoms with Gasteiger partial charge in [0.15, 0.2) is 0 Å². The molecule has 0 aromatic rings. The van der Waals surface area contributed by atoms with Gasteiger partial charge in [0.1, 0.15) is 0 Å². The number of urea groups is 1. The molecule has 1 N–H and O–H groups in total. The quantitative estimate of drug-likeness (QED) is 0.530. The smallest absolute Gasteiger partial charge is 0.336 e. The predicted molar refractivity (Wildman–Crippen MR) is 59.8 cm³/mol. The number of nitrogens with one attached hydrogen (secondary N) is 1. The molecule has 0 rings (SSSR count). The molecule has 0 spiro atoms. The van der Waals surface area contributed by atoms with E-state index in [1.165, 1.54) is 0 Å². The Hall–Kier alpha value is -0.510. The second-order valence-electron chi connectivity index (χ2n) is 2.68. The van der Waals surface area contributed by atoms with Gasteiger partial charge in [-0.25, -0.2) is 9.79 Å². The van der Waals surface area contributed by atoms with Crippen LogP contribution in [-0.2, 0) is 0 Å². The molecule has 0 aromatic carbocycles. The largest absolute Gasteiger partial charge is 0.340 e. The molecule has 0 unspecified atom stereocenters. The topological polar surface area (TPSA) is 41.5 Å². The maximum absolute atomic E-state index is 11.0. The summed E-state index contributed by atoms with van der Waals surface area (Å²) in [5.41, 5.74) is 0. The minimum atomic E-state index is -0.213. The van der Waals surface area contributed by atoms with Crippen LogP contribution in [0.5, 0.6) is 0 Å². The molecule has 3 nitrogen and oxygen atoms in total. The van der Waals surface area contributed by atoms with Crippen LogP contribution < -0.4 is 5.32 Å². The molecule has 0 fully saturated rings. The van der Waals surface area contributed by atoms with Gasteiger partial charge in [-0.1, -0.05) is 13.3 Å². The fraction of sp³-hybridized carbons (Fsp3) is 0.778. The predicted octanol–water partition coefficient (Wildman–Crippen LogP) is 2.32. The summed E-state index contributed by atoms with van der Waals surface area (Å²) in [4.78, 5) is 14.7. The number of carbonyl (C=O) groups excluding carboxylic acids is 1. The van der Waals surface area contributed by atoms with Crippen LogP contribution in [0.4, 0.5) is 4.79 Å². The zero-order valence-electron chi connectivity index (χ0n) is 8.38. The van der Waals surface area contributed by atoms with Crippen molar-refractivity contribution in [2.75, 3.05) is 18.6 Å². The fourth-order valence-corrected chi connectivity index (χ4v) is 1.17. The molecule has 0 saturated carbocycles. The Labute approximate surface area is 84.4 Å². The molecule has 0 radical (unpaired) electrons. The molecule has 2 amide bonds. The van der Waals surface area contributed by atoms with Crippen LogP contribution in [0, 0.1) is 0 Å². The Balaban J connectivity index is 3.29. The van der Waals surface area contributed by atoms with Gasteiger partial charge in [-0.05, 0) is 24.9 Å². The lowest BCUT2D eigenvalue weighted by Gasteiger charge is -1.99. The van der Waals surface area contributed by atoms with E-state index in [4.69, 9.17) is 0 Å². The molecular weight excluding hydrogens is 184 g/mol. The molecule has 0 heterocycles. The van der Waals surface area contributed by atoms with Gasteiger partial charge < -0.3 is 5.32 Å². The zero-order valence-corrected chi connectivity index (χ0v) is 9.19. The lowest BCUT2D eigenvalue weighted by Crippen LogP contribution is -2.21. The van der Waals surface area contributed by atoms with Crippen LogP contribution in [0.15, 0.2) is 4.99 Å². The Bertz CT molecular complexity index is 160. The lowest BCUT2D eigenvalue weighted by atomic mass is 10.4. The highest BCUT2D eigenvalue weighted by atomic mass is 32.2. The van der Waals surface area contributed by atoms with Crippen LogP contribution in [-0.4, -0.2) is 30.8 Å². The van der Waals surface area contributed by atoms with Gasteiger partial charge in [-0.15, -0.1) is 0 Å². The second-order valence-corrected chi connectivity index (χ2v) is 3.66. The fourth-order valence-electron chi connectivity index (χ4n) is 0.734. The SMILES string of the molecule is CCC/C=N/C(=O)NCCCSC. The molecule has 76 valence electrons. The van der Waals surface area contributed by atoms with Crippen molar-refractivity contribution < 1.29 is 4.79 Å². The lowest BCUT2D eigenvalue weighted by molar-refractivity contribution is 0.249. The van der Waals surface area contributed by atoms with Gasteiger partial charge in [0.05, 0.1) is 0 Å². The summed E-state index contributed by atoms with van der Waals surface area (Å²) in [5, 5.41) is 2.73. The van der Waals surface area contributed by atoms with E-state index in [1.54, 1.807) is 18.0 Å². The monoisotopic (exact) mass is 202 g/mol. The standard InChI is InChI=1S/C9H18N2OS/c1-3-4-6-10-9(12)11-7-5-8-13-2/h6H,3-5,7-8H2,1-2H3,(H,11,12)/b10-6+. The Morgan fingerprint density at radius 2 is 2.38 bits per heavy atom. The van der Waals surface area contributed by atoms with Gasteiger partial charge in [0.25, 0.3) is 0 Å². The molecule has 0 aliphatic rings. The third-order valence-corrected chi connectivity index (χ3v) is 2.12. The maximum Gasteiger partial charge on any atom is 0.340 e. The molecule has 4 heteroatoms. The number of amides is 2. The van der Waals surface area contributed by atoms with Crippen molar-refractivity contribution in [2.45, 2.75) is 26.2 Å². The molecule has 0 atom stereocenters. The molecule has 0 aliphatic heterocycles. The number of carbonyl (C=O) groups is 1. The normalized spacial score (nSPS) is 10.6. The van der Waals surface area contributed by atoms with E-state index < -0.39 is 0 Å². The highest BCUT2D eigenvalue weighted by molar-refractivity contribution is 7.98. The van der Waals surface area contributed by atoms with Crippen molar-refractivity contribution in [3.8, 4) is 0 Å². The van der Waals surface area contributed by atoms with E-state index in [0.717, 1.165) is 31.6 Å². The summed E-state index contributed by atoms with van der Waals surface area (Å²) in [6, 6.07) is -0.213. The number of unbranched alkanes of at least 4 members (excludes halogenated alkanes) is 1. The van der Waals surface area contributed by atoms with Crippen molar-refractivity contribution in [3.05, 3.63) is 0 Å². The van der Waals surface area contributed by atoms with Crippen molar-refractivity contribution in [1.82, 2.24) is 5.32 Å². The van der Waals surface area contributed by atoms with E-state index in [2.05, 4.69) is 23.5 Å². The van der Waals surface area contributed by atoms with E-state index in [9.17, 15) is 4.79 Å². The number of hydrogen-bond acceptors (Lipinski definition) is 2. The summed E-state index contributed by atoms with van der Waals surface area (Å²) in [6.45, 7) is 2.78. The molecule has 0 aliphatic carbocycles. The van der Waals surface area contributed by atoms with Crippen LogP contribution in [0.2, 0.25) is 0 Å². The highest BCUT2D eigenvalue weighted by Crippen LogP contribution is 1.93. The second kappa shape index (κ2) is 9.58. The average molecular weight is 202 g/mol. The van der Waals surface area contributed by atoms with Gasteiger partial charge in [0, 0.05) is 12.8 Å². The maximum atomic E-state index is 11.0. The molecule has 0 saturated heterocycles. The minimum Gasteiger partial charge on any atom is -0.336 e. The Morgan fingerprint density at radius 3 is 3.00 bits per heavy atom. The summed E-state index contributed by atoms with van der Waals surface area (Å²) in [6.07, 6.45) is 6.64. The molecule has 0 aromatic heterocycles. The number of nitrogens with zero attached hydrogens (tertiary/aromatic N) is 1. The van der Waals surface area contributed by atoms with Crippen LogP contribution >= 0.6 is 11.8 Å². The number of thioether (sulfide) groups is 1. The molecule has 13 heavy (non-hydrogen) atoms. The average Bonchev–Trinajstić information content (AvgIpc) is 2.13. The first-order valence-electron chi connectivity index (χ1n) is 4.60. The Kier molecular flexibility index (Phi) is 9.20. The van der Waals surface area contributed by atoms with E-state index in [-0.39, 0.29) is 6.03 Å². The number of rotatable bonds is 6. The van der Waals surface area contributed by atoms with Gasteiger partial charge in [-0.2, -0.15) is 11.8 Å². The van der Waals surface area contributed by atoms with E-state index >= 15 is 0 Å². The summed E-state index contributed by atoms with van der Waals surface area (Å²) >= 11 is 1.79. The van der Waals surface area contributed by atoms with Gasteiger partial charge >= 0.3 is 6.03 Å². The summed E-state index contributed by atoms with van der Waals surface area (Å²) < 4.78 is 0. The zero-order chi connectivity index (χ0) is 9.94. The van der Waals surface area contributed by atoms with Crippen molar-refractivity contribution in [1.29, 1.82) is 0 Å². The van der Waals surface area contributed by atoms with Crippen molar-refractivity contribution in [3.63, 3.8) is 0 Å². The molecular formula is C9H18N2OS. The Morgan fingerprint density at radius 1 is 1.62 bits per heavy atom. The highest BCUT2D eigenvalue weighted by Gasteiger charge is 1.93. The summed E-state index contributed by atoms with van der Waals surface area (Å²) in [5.74, 6) is 1.08. The molecule has 0 bridgehead atoms. The summed E-state index contributed by atoms with van der Waals surface area (Å²) in [7, 11) is 0. The third-order valence-electron chi connectivity index (χ3n) is 1.43. The van der Waals surface area contributed by atoms with E-state index in [1.807, 2.05) is 0 Å². The minimum absolute atomic E-state index is 0.213. The van der Waals surface area contributed by atoms with Gasteiger partial charge in [-0.3, -0.25) is 0 Å². The first-order valence-corrected chi connectivity index (χ1v) is 6.00. The first-order chi connectivity index (χ1) is 6.31. The van der Waals surface area contributed by atoms with Crippen LogP contribution in [0.25, 0.3) is 0 Å². The van der Waals surface area contributed by atoms with Crippen LogP contribution in [0.1, 0.15) is 26.2 Å². The van der Waals surface area contributed by atoms with Crippen LogP contribution in [0.3, 0.4) is 0 Å². The van der Waals surface area contributed by atoms with Crippen molar-refractivity contribution in [2.24, 2.45) is 4.99 Å². The first kappa shape index (κ1) is 12.5. The van der Waals surface area contributed by atoms with Gasteiger partial charge in [0.2, 0.25) is 0 Å². The third kappa shape index (κ3) is 9.40.